The topological polar surface area (TPSA) is 67.8 Å². The first-order valence-electron chi connectivity index (χ1n) is 11.2. The van der Waals surface area contributed by atoms with Crippen LogP contribution in [0.4, 0.5) is 5.82 Å². The highest BCUT2D eigenvalue weighted by Crippen LogP contribution is 2.29. The van der Waals surface area contributed by atoms with Gasteiger partial charge in [0.05, 0.1) is 17.3 Å². The Morgan fingerprint density at radius 1 is 0.971 bits per heavy atom. The molecule has 3 aromatic rings. The average Bonchev–Trinajstić information content (AvgIpc) is 2.85. The maximum atomic E-state index is 12.9. The molecule has 178 valence electrons. The summed E-state index contributed by atoms with van der Waals surface area (Å²) in [5.74, 6) is 2.14. The summed E-state index contributed by atoms with van der Waals surface area (Å²) in [6.45, 7) is 6.81. The maximum Gasteiger partial charge on any atom is 0.263 e. The first kappa shape index (κ1) is 24.1. The third-order valence-corrected chi connectivity index (χ3v) is 6.12. The molecule has 1 aliphatic rings. The summed E-state index contributed by atoms with van der Waals surface area (Å²) in [6.07, 6.45) is -0.576. The molecule has 2 aromatic carbocycles. The quantitative estimate of drug-likeness (QED) is 0.456. The molecule has 1 amide bonds. The minimum Gasteiger partial charge on any atom is -0.494 e. The van der Waals surface area contributed by atoms with E-state index >= 15 is 0 Å². The van der Waals surface area contributed by atoms with E-state index in [0.717, 1.165) is 17.1 Å². The Labute approximate surface area is 209 Å². The van der Waals surface area contributed by atoms with Gasteiger partial charge in [0.1, 0.15) is 11.5 Å². The predicted octanol–water partition coefficient (Wildman–Crippen LogP) is 4.97. The molecule has 0 radical (unpaired) electrons. The number of piperazine rings is 1. The van der Waals surface area contributed by atoms with Crippen molar-refractivity contribution in [3.8, 4) is 22.8 Å². The summed E-state index contributed by atoms with van der Waals surface area (Å²) in [7, 11) is 0. The number of aromatic nitrogens is 2. The Bertz CT molecular complexity index is 1120. The minimum absolute atomic E-state index is 0.0349. The van der Waals surface area contributed by atoms with Crippen molar-refractivity contribution in [1.82, 2.24) is 15.1 Å². The summed E-state index contributed by atoms with van der Waals surface area (Å²) in [6, 6.07) is 16.4. The number of carbonyl (C=O) groups is 1. The Balaban J connectivity index is 1.31. The molecule has 34 heavy (non-hydrogen) atoms. The Morgan fingerprint density at radius 3 is 2.29 bits per heavy atom. The number of anilines is 1. The SMILES string of the molecule is CCOc1ccc(OC(C)C(=O)N2CCN(c3ccc(-c4ccc(Cl)cc4Cl)nn3)CC2)cc1. The Morgan fingerprint density at radius 2 is 1.68 bits per heavy atom. The fourth-order valence-electron chi connectivity index (χ4n) is 3.78. The van der Waals surface area contributed by atoms with E-state index < -0.39 is 6.10 Å². The van der Waals surface area contributed by atoms with Gasteiger partial charge in [-0.1, -0.05) is 23.2 Å². The standard InChI is InChI=1S/C25H26Cl2N4O3/c1-3-33-19-5-7-20(8-6-19)34-17(2)25(32)31-14-12-30(13-15-31)24-11-10-23(28-29-24)21-9-4-18(26)16-22(21)27/h4-11,16-17H,3,12-15H2,1-2H3. The second kappa shape index (κ2) is 10.9. The number of benzene rings is 2. The van der Waals surface area contributed by atoms with E-state index in [1.54, 1.807) is 19.1 Å². The highest BCUT2D eigenvalue weighted by Gasteiger charge is 2.26. The van der Waals surface area contributed by atoms with Gasteiger partial charge in [0.2, 0.25) is 0 Å². The van der Waals surface area contributed by atoms with Crippen molar-refractivity contribution in [1.29, 1.82) is 0 Å². The zero-order chi connectivity index (χ0) is 24.1. The number of hydrogen-bond acceptors (Lipinski definition) is 6. The molecule has 1 unspecified atom stereocenters. The van der Waals surface area contributed by atoms with Crippen LogP contribution < -0.4 is 14.4 Å². The molecule has 1 aliphatic heterocycles. The van der Waals surface area contributed by atoms with Crippen molar-refractivity contribution in [2.24, 2.45) is 0 Å². The molecule has 1 fully saturated rings. The van der Waals surface area contributed by atoms with Gasteiger partial charge in [-0.25, -0.2) is 0 Å². The summed E-state index contributed by atoms with van der Waals surface area (Å²) in [5, 5.41) is 9.81. The summed E-state index contributed by atoms with van der Waals surface area (Å²) in [4.78, 5) is 16.8. The zero-order valence-corrected chi connectivity index (χ0v) is 20.6. The van der Waals surface area contributed by atoms with Crippen molar-refractivity contribution in [2.75, 3.05) is 37.7 Å². The monoisotopic (exact) mass is 500 g/mol. The molecule has 2 heterocycles. The molecule has 4 rings (SSSR count). The van der Waals surface area contributed by atoms with Gasteiger partial charge in [-0.05, 0) is 68.4 Å². The van der Waals surface area contributed by atoms with Gasteiger partial charge in [-0.2, -0.15) is 0 Å². The van der Waals surface area contributed by atoms with Crippen LogP contribution in [0.2, 0.25) is 10.0 Å². The smallest absolute Gasteiger partial charge is 0.263 e. The molecule has 7 nitrogen and oxygen atoms in total. The van der Waals surface area contributed by atoms with E-state index in [-0.39, 0.29) is 5.91 Å². The lowest BCUT2D eigenvalue weighted by Gasteiger charge is -2.36. The fraction of sp³-hybridized carbons (Fsp3) is 0.320. The van der Waals surface area contributed by atoms with Crippen molar-refractivity contribution in [2.45, 2.75) is 20.0 Å². The highest BCUT2D eigenvalue weighted by molar-refractivity contribution is 6.36. The van der Waals surface area contributed by atoms with Crippen LogP contribution in [0.1, 0.15) is 13.8 Å². The first-order valence-corrected chi connectivity index (χ1v) is 11.9. The van der Waals surface area contributed by atoms with Crippen molar-refractivity contribution < 1.29 is 14.3 Å². The van der Waals surface area contributed by atoms with Crippen LogP contribution in [0.5, 0.6) is 11.5 Å². The molecule has 0 N–H and O–H groups in total. The van der Waals surface area contributed by atoms with Crippen LogP contribution in [0.3, 0.4) is 0 Å². The van der Waals surface area contributed by atoms with Crippen LogP contribution in [-0.2, 0) is 4.79 Å². The van der Waals surface area contributed by atoms with Crippen molar-refractivity contribution in [3.05, 3.63) is 64.6 Å². The lowest BCUT2D eigenvalue weighted by molar-refractivity contribution is -0.138. The zero-order valence-electron chi connectivity index (χ0n) is 19.1. The molecule has 0 aliphatic carbocycles. The van der Waals surface area contributed by atoms with Crippen LogP contribution in [-0.4, -0.2) is 59.9 Å². The van der Waals surface area contributed by atoms with Gasteiger partial charge in [0.15, 0.2) is 11.9 Å². The molecule has 1 saturated heterocycles. The highest BCUT2D eigenvalue weighted by atomic mass is 35.5. The van der Waals surface area contributed by atoms with Gasteiger partial charge >= 0.3 is 0 Å². The minimum atomic E-state index is -0.576. The molecular formula is C25H26Cl2N4O3. The maximum absolute atomic E-state index is 12.9. The average molecular weight is 501 g/mol. The molecule has 9 heteroatoms. The number of rotatable bonds is 7. The Kier molecular flexibility index (Phi) is 7.75. The van der Waals surface area contributed by atoms with E-state index in [0.29, 0.717) is 54.3 Å². The fourth-order valence-corrected chi connectivity index (χ4v) is 4.29. The molecule has 0 saturated carbocycles. The third-order valence-electron chi connectivity index (χ3n) is 5.57. The van der Waals surface area contributed by atoms with E-state index in [4.69, 9.17) is 32.7 Å². The second-order valence-corrected chi connectivity index (χ2v) is 8.72. The van der Waals surface area contributed by atoms with Crippen molar-refractivity contribution in [3.63, 3.8) is 0 Å². The number of hydrogen-bond donors (Lipinski definition) is 0. The van der Waals surface area contributed by atoms with Gasteiger partial charge in [0.25, 0.3) is 5.91 Å². The van der Waals surface area contributed by atoms with Gasteiger partial charge < -0.3 is 19.3 Å². The number of nitrogens with zero attached hydrogens (tertiary/aromatic N) is 4. The largest absolute Gasteiger partial charge is 0.494 e. The number of ether oxygens (including phenoxy) is 2. The normalized spacial score (nSPS) is 14.6. The van der Waals surface area contributed by atoms with Crippen LogP contribution in [0.15, 0.2) is 54.6 Å². The molecule has 0 spiro atoms. The number of carbonyl (C=O) groups excluding carboxylic acids is 1. The molecule has 1 aromatic heterocycles. The predicted molar refractivity (Wildman–Crippen MR) is 134 cm³/mol. The van der Waals surface area contributed by atoms with Gasteiger partial charge in [-0.3, -0.25) is 4.79 Å². The number of halogens is 2. The molecular weight excluding hydrogens is 475 g/mol. The summed E-state index contributed by atoms with van der Waals surface area (Å²) < 4.78 is 11.3. The van der Waals surface area contributed by atoms with Gasteiger partial charge in [-0.15, -0.1) is 10.2 Å². The van der Waals surface area contributed by atoms with E-state index in [9.17, 15) is 4.79 Å². The first-order chi connectivity index (χ1) is 16.4. The second-order valence-electron chi connectivity index (χ2n) is 7.88. The van der Waals surface area contributed by atoms with E-state index in [1.807, 2.05) is 54.3 Å². The van der Waals surface area contributed by atoms with Crippen molar-refractivity contribution >= 4 is 34.9 Å². The third kappa shape index (κ3) is 5.72. The number of amides is 1. The molecule has 0 bridgehead atoms. The van der Waals surface area contributed by atoms with Crippen LogP contribution in [0.25, 0.3) is 11.3 Å². The Hall–Kier alpha value is -3.03. The van der Waals surface area contributed by atoms with E-state index in [2.05, 4.69) is 15.1 Å². The van der Waals surface area contributed by atoms with Gasteiger partial charge in [0, 0.05) is 36.8 Å². The summed E-state index contributed by atoms with van der Waals surface area (Å²) in [5.41, 5.74) is 1.46. The van der Waals surface area contributed by atoms with Crippen LogP contribution in [0, 0.1) is 0 Å². The summed E-state index contributed by atoms with van der Waals surface area (Å²) >= 11 is 12.3. The lowest BCUT2D eigenvalue weighted by Crippen LogP contribution is -2.52. The van der Waals surface area contributed by atoms with Crippen LogP contribution >= 0.6 is 23.2 Å². The molecule has 1 atom stereocenters. The lowest BCUT2D eigenvalue weighted by atomic mass is 10.1. The van der Waals surface area contributed by atoms with E-state index in [1.165, 1.54) is 0 Å².